The first-order valence-corrected chi connectivity index (χ1v) is 8.78. The first kappa shape index (κ1) is 16.7. The van der Waals surface area contributed by atoms with Gasteiger partial charge in [-0.05, 0) is 49.6 Å². The number of aryl methyl sites for hydroxylation is 3. The van der Waals surface area contributed by atoms with Gasteiger partial charge in [0.15, 0.2) is 11.0 Å². The van der Waals surface area contributed by atoms with Crippen LogP contribution in [0.1, 0.15) is 40.3 Å². The number of aromatic nitrogens is 4. The van der Waals surface area contributed by atoms with Gasteiger partial charge in [-0.3, -0.25) is 4.79 Å². The zero-order valence-electron chi connectivity index (χ0n) is 14.7. The normalized spacial score (nSPS) is 16.3. The number of nitrogens with zero attached hydrogens (tertiary/aromatic N) is 4. The molecular weight excluding hydrogens is 350 g/mol. The summed E-state index contributed by atoms with van der Waals surface area (Å²) in [5, 5.41) is 15.8. The minimum absolute atomic E-state index is 0.0351. The van der Waals surface area contributed by atoms with E-state index in [0.29, 0.717) is 23.2 Å². The van der Waals surface area contributed by atoms with E-state index in [0.717, 1.165) is 16.8 Å². The van der Waals surface area contributed by atoms with Crippen molar-refractivity contribution < 1.29 is 4.79 Å². The number of carbonyl (C=O) groups excluding carboxylic acids is 1. The third-order valence-corrected chi connectivity index (χ3v) is 5.07. The predicted octanol–water partition coefficient (Wildman–Crippen LogP) is 3.72. The van der Waals surface area contributed by atoms with Gasteiger partial charge in [0, 0.05) is 17.9 Å². The summed E-state index contributed by atoms with van der Waals surface area (Å²) in [6.45, 7) is 6.12. The molecule has 1 aliphatic heterocycles. The monoisotopic (exact) mass is 367 g/mol. The van der Waals surface area contributed by atoms with Crippen molar-refractivity contribution in [3.8, 4) is 5.82 Å². The molecule has 2 aromatic heterocycles. The van der Waals surface area contributed by atoms with Crippen LogP contribution >= 0.6 is 11.6 Å². The molecule has 6 nitrogen and oxygen atoms in total. The summed E-state index contributed by atoms with van der Waals surface area (Å²) in [6.07, 6.45) is 0.397. The fraction of sp³-hybridized carbons (Fsp3) is 0.263. The van der Waals surface area contributed by atoms with Gasteiger partial charge < -0.3 is 5.32 Å². The number of hydrogen-bond acceptors (Lipinski definition) is 4. The largest absolute Gasteiger partial charge is 0.310 e. The van der Waals surface area contributed by atoms with Crippen LogP contribution in [0.3, 0.4) is 0 Å². The van der Waals surface area contributed by atoms with Crippen LogP contribution in [0.2, 0.25) is 5.15 Å². The molecule has 0 aliphatic carbocycles. The molecule has 26 heavy (non-hydrogen) atoms. The van der Waals surface area contributed by atoms with Crippen molar-refractivity contribution in [3.05, 3.63) is 63.4 Å². The number of amides is 1. The molecule has 0 radical (unpaired) electrons. The van der Waals surface area contributed by atoms with Crippen molar-refractivity contribution in [2.75, 3.05) is 5.32 Å². The van der Waals surface area contributed by atoms with Crippen LogP contribution in [0, 0.1) is 20.8 Å². The van der Waals surface area contributed by atoms with E-state index >= 15 is 0 Å². The first-order chi connectivity index (χ1) is 12.4. The Bertz CT molecular complexity index is 1010. The predicted molar refractivity (Wildman–Crippen MR) is 99.9 cm³/mol. The molecule has 0 saturated heterocycles. The van der Waals surface area contributed by atoms with Gasteiger partial charge in [0.2, 0.25) is 5.91 Å². The van der Waals surface area contributed by atoms with Crippen LogP contribution in [-0.4, -0.2) is 25.9 Å². The highest BCUT2D eigenvalue weighted by Crippen LogP contribution is 2.40. The Labute approximate surface area is 156 Å². The lowest BCUT2D eigenvalue weighted by Gasteiger charge is -2.24. The van der Waals surface area contributed by atoms with Crippen molar-refractivity contribution in [3.63, 3.8) is 0 Å². The highest BCUT2D eigenvalue weighted by molar-refractivity contribution is 6.29. The molecule has 7 heteroatoms. The van der Waals surface area contributed by atoms with Crippen LogP contribution in [0.25, 0.3) is 5.82 Å². The third-order valence-electron chi connectivity index (χ3n) is 4.87. The number of fused-ring (bicyclic) bond motifs is 1. The third kappa shape index (κ3) is 2.76. The van der Waals surface area contributed by atoms with E-state index in [4.69, 9.17) is 11.6 Å². The summed E-state index contributed by atoms with van der Waals surface area (Å²) >= 11 is 5.83. The summed E-state index contributed by atoms with van der Waals surface area (Å²) in [6, 6.07) is 9.73. The number of benzene rings is 1. The average molecular weight is 368 g/mol. The molecule has 0 saturated carbocycles. The van der Waals surface area contributed by atoms with Gasteiger partial charge in [-0.25, -0.2) is 0 Å². The Morgan fingerprint density at radius 1 is 1.12 bits per heavy atom. The first-order valence-electron chi connectivity index (χ1n) is 8.40. The minimum Gasteiger partial charge on any atom is -0.310 e. The van der Waals surface area contributed by atoms with Crippen molar-refractivity contribution in [1.82, 2.24) is 20.0 Å². The Hall–Kier alpha value is -2.73. The Kier molecular flexibility index (Phi) is 4.00. The topological polar surface area (TPSA) is 72.7 Å². The van der Waals surface area contributed by atoms with E-state index < -0.39 is 0 Å². The molecule has 1 N–H and O–H groups in total. The second kappa shape index (κ2) is 6.21. The molecular formula is C19H18ClN5O. The van der Waals surface area contributed by atoms with E-state index in [-0.39, 0.29) is 11.8 Å². The van der Waals surface area contributed by atoms with Crippen molar-refractivity contribution in [2.24, 2.45) is 0 Å². The molecule has 4 rings (SSSR count). The van der Waals surface area contributed by atoms with Crippen LogP contribution in [0.4, 0.5) is 5.82 Å². The van der Waals surface area contributed by atoms with Crippen LogP contribution < -0.4 is 5.32 Å². The molecule has 1 aromatic carbocycles. The average Bonchev–Trinajstić information content (AvgIpc) is 2.94. The number of halogens is 1. The van der Waals surface area contributed by atoms with Crippen LogP contribution in [0.15, 0.2) is 30.3 Å². The van der Waals surface area contributed by atoms with Crippen molar-refractivity contribution in [1.29, 1.82) is 0 Å². The van der Waals surface area contributed by atoms with E-state index in [1.165, 1.54) is 11.1 Å². The number of nitrogens with one attached hydrogen (secondary N) is 1. The number of anilines is 1. The Morgan fingerprint density at radius 2 is 1.92 bits per heavy atom. The number of carbonyl (C=O) groups is 1. The molecule has 0 unspecified atom stereocenters. The van der Waals surface area contributed by atoms with Crippen LogP contribution in [0.5, 0.6) is 0 Å². The van der Waals surface area contributed by atoms with Gasteiger partial charge >= 0.3 is 0 Å². The molecule has 1 atom stereocenters. The van der Waals surface area contributed by atoms with Gasteiger partial charge in [0.25, 0.3) is 0 Å². The maximum atomic E-state index is 12.4. The second-order valence-corrected chi connectivity index (χ2v) is 7.01. The van der Waals surface area contributed by atoms with Crippen molar-refractivity contribution >= 4 is 23.3 Å². The molecule has 0 fully saturated rings. The quantitative estimate of drug-likeness (QED) is 0.749. The van der Waals surface area contributed by atoms with Gasteiger partial charge in [-0.1, -0.05) is 29.8 Å². The lowest BCUT2D eigenvalue weighted by Crippen LogP contribution is -2.25. The van der Waals surface area contributed by atoms with Crippen molar-refractivity contribution in [2.45, 2.75) is 33.1 Å². The summed E-state index contributed by atoms with van der Waals surface area (Å²) in [5.41, 5.74) is 5.44. The highest BCUT2D eigenvalue weighted by atomic mass is 35.5. The highest BCUT2D eigenvalue weighted by Gasteiger charge is 2.33. The summed E-state index contributed by atoms with van der Waals surface area (Å²) in [5.74, 6) is 1.09. The zero-order chi connectivity index (χ0) is 18.4. The van der Waals surface area contributed by atoms with Crippen LogP contribution in [-0.2, 0) is 4.79 Å². The summed E-state index contributed by atoms with van der Waals surface area (Å²) in [7, 11) is 0. The molecule has 3 aromatic rings. The van der Waals surface area contributed by atoms with E-state index in [1.807, 2.05) is 6.92 Å². The summed E-state index contributed by atoms with van der Waals surface area (Å²) < 4.78 is 1.62. The maximum absolute atomic E-state index is 12.4. The second-order valence-electron chi connectivity index (χ2n) is 6.62. The number of rotatable bonds is 2. The molecule has 0 spiro atoms. The fourth-order valence-electron chi connectivity index (χ4n) is 3.40. The van der Waals surface area contributed by atoms with Gasteiger partial charge in [0.1, 0.15) is 5.82 Å². The minimum atomic E-state index is -0.0381. The molecule has 132 valence electrons. The lowest BCUT2D eigenvalue weighted by molar-refractivity contribution is -0.116. The molecule has 1 aliphatic rings. The molecule has 3 heterocycles. The fourth-order valence-corrected chi connectivity index (χ4v) is 3.50. The van der Waals surface area contributed by atoms with E-state index in [9.17, 15) is 4.79 Å². The van der Waals surface area contributed by atoms with E-state index in [2.05, 4.69) is 52.7 Å². The molecule has 1 amide bonds. The van der Waals surface area contributed by atoms with Gasteiger partial charge in [0.05, 0.1) is 5.69 Å². The van der Waals surface area contributed by atoms with E-state index in [1.54, 1.807) is 16.8 Å². The maximum Gasteiger partial charge on any atom is 0.226 e. The molecule has 0 bridgehead atoms. The standard InChI is InChI=1S/C19H18ClN5O/c1-10-4-5-13(8-11(10)2)14-9-17(26)21-19-18(14)12(3)24-25(19)16-7-6-15(20)22-23-16/h4-8,14H,9H2,1-3H3,(H,21,26)/t14-/m0/s1. The van der Waals surface area contributed by atoms with Gasteiger partial charge in [-0.15, -0.1) is 10.2 Å². The smallest absolute Gasteiger partial charge is 0.226 e. The number of hydrogen-bond donors (Lipinski definition) is 1. The Balaban J connectivity index is 1.86. The van der Waals surface area contributed by atoms with Gasteiger partial charge in [-0.2, -0.15) is 9.78 Å². The Morgan fingerprint density at radius 3 is 2.62 bits per heavy atom. The zero-order valence-corrected chi connectivity index (χ0v) is 15.5. The lowest BCUT2D eigenvalue weighted by atomic mass is 9.84. The SMILES string of the molecule is Cc1ccc([C@@H]2CC(=O)Nc3c2c(C)nn3-c2ccc(Cl)nn2)cc1C. The summed E-state index contributed by atoms with van der Waals surface area (Å²) in [4.78, 5) is 12.4.